The van der Waals surface area contributed by atoms with Gasteiger partial charge in [-0.15, -0.1) is 35.3 Å². The number of aromatic nitrogens is 1. The average Bonchev–Trinajstić information content (AvgIpc) is 2.99. The Morgan fingerprint density at radius 3 is 2.80 bits per heavy atom. The first kappa shape index (κ1) is 21.6. The number of thiazole rings is 1. The van der Waals surface area contributed by atoms with Gasteiger partial charge in [-0.25, -0.2) is 9.37 Å². The summed E-state index contributed by atoms with van der Waals surface area (Å²) in [5.74, 6) is 0.932. The topological polar surface area (TPSA) is 58.5 Å². The number of hydrogen-bond donors (Lipinski definition) is 2. The van der Waals surface area contributed by atoms with Gasteiger partial charge in [0.2, 0.25) is 0 Å². The van der Waals surface area contributed by atoms with Gasteiger partial charge < -0.3 is 15.4 Å². The van der Waals surface area contributed by atoms with Crippen LogP contribution in [0.3, 0.4) is 0 Å². The van der Waals surface area contributed by atoms with Gasteiger partial charge in [0.15, 0.2) is 5.96 Å². The van der Waals surface area contributed by atoms with Crippen molar-refractivity contribution in [2.75, 3.05) is 13.6 Å². The molecule has 0 bridgehead atoms. The predicted molar refractivity (Wildman–Crippen MR) is 112 cm³/mol. The largest absolute Gasteiger partial charge is 0.489 e. The van der Waals surface area contributed by atoms with Gasteiger partial charge in [-0.2, -0.15) is 0 Å². The van der Waals surface area contributed by atoms with Crippen molar-refractivity contribution in [1.82, 2.24) is 15.6 Å². The second kappa shape index (κ2) is 11.2. The Hall–Kier alpha value is -1.42. The Kier molecular flexibility index (Phi) is 9.73. The number of rotatable bonds is 7. The number of ether oxygens (including phenoxy) is 1. The fourth-order valence-electron chi connectivity index (χ4n) is 2.09. The lowest BCUT2D eigenvalue weighted by molar-refractivity contribution is 0.199. The molecule has 0 saturated heterocycles. The third-order valence-electron chi connectivity index (χ3n) is 3.37. The zero-order valence-electron chi connectivity index (χ0n) is 14.6. The van der Waals surface area contributed by atoms with E-state index >= 15 is 0 Å². The van der Waals surface area contributed by atoms with Crippen molar-refractivity contribution in [3.63, 3.8) is 0 Å². The SMILES string of the molecule is CCC(CNC(=NC)NCc1cnc(C)s1)Oc1cccc(F)c1.I. The van der Waals surface area contributed by atoms with Gasteiger partial charge in [0, 0.05) is 24.2 Å². The van der Waals surface area contributed by atoms with Crippen LogP contribution in [-0.4, -0.2) is 30.6 Å². The van der Waals surface area contributed by atoms with Crippen LogP contribution in [0, 0.1) is 12.7 Å². The maximum atomic E-state index is 13.2. The third-order valence-corrected chi connectivity index (χ3v) is 4.29. The molecule has 8 heteroatoms. The van der Waals surface area contributed by atoms with Gasteiger partial charge in [-0.3, -0.25) is 4.99 Å². The fraction of sp³-hybridized carbons (Fsp3) is 0.412. The Labute approximate surface area is 169 Å². The van der Waals surface area contributed by atoms with Crippen LogP contribution in [0.15, 0.2) is 35.5 Å². The van der Waals surface area contributed by atoms with E-state index in [4.69, 9.17) is 4.74 Å². The fourth-order valence-corrected chi connectivity index (χ4v) is 2.83. The third kappa shape index (κ3) is 7.55. The first-order chi connectivity index (χ1) is 11.6. The van der Waals surface area contributed by atoms with E-state index in [-0.39, 0.29) is 35.9 Å². The highest BCUT2D eigenvalue weighted by atomic mass is 127. The van der Waals surface area contributed by atoms with Crippen molar-refractivity contribution in [2.24, 2.45) is 4.99 Å². The molecule has 2 N–H and O–H groups in total. The Balaban J connectivity index is 0.00000312. The van der Waals surface area contributed by atoms with E-state index in [1.165, 1.54) is 12.1 Å². The number of nitrogens with one attached hydrogen (secondary N) is 2. The van der Waals surface area contributed by atoms with Crippen LogP contribution in [0.4, 0.5) is 4.39 Å². The first-order valence-corrected chi connectivity index (χ1v) is 8.70. The van der Waals surface area contributed by atoms with Crippen LogP contribution in [0.5, 0.6) is 5.75 Å². The number of aliphatic imine (C=N–C) groups is 1. The summed E-state index contributed by atoms with van der Waals surface area (Å²) >= 11 is 1.66. The van der Waals surface area contributed by atoms with Crippen molar-refractivity contribution in [3.8, 4) is 5.75 Å². The monoisotopic (exact) mass is 478 g/mol. The summed E-state index contributed by atoms with van der Waals surface area (Å²) in [4.78, 5) is 9.58. The number of nitrogens with zero attached hydrogens (tertiary/aromatic N) is 2. The number of halogens is 2. The standard InChI is InChI=1S/C17H23FN4OS.HI/c1-4-14(23-15-7-5-6-13(18)8-15)9-21-17(19-3)22-11-16-10-20-12(2)24-16;/h5-8,10,14H,4,9,11H2,1-3H3,(H2,19,21,22);1H. The van der Waals surface area contributed by atoms with Crippen molar-refractivity contribution in [3.05, 3.63) is 46.2 Å². The minimum Gasteiger partial charge on any atom is -0.489 e. The van der Waals surface area contributed by atoms with Gasteiger partial charge in [-0.1, -0.05) is 13.0 Å². The van der Waals surface area contributed by atoms with E-state index in [9.17, 15) is 4.39 Å². The normalized spacial score (nSPS) is 12.2. The lowest BCUT2D eigenvalue weighted by atomic mass is 10.2. The van der Waals surface area contributed by atoms with Gasteiger partial charge in [-0.05, 0) is 25.5 Å². The summed E-state index contributed by atoms with van der Waals surface area (Å²) in [6, 6.07) is 6.19. The van der Waals surface area contributed by atoms with Crippen molar-refractivity contribution in [1.29, 1.82) is 0 Å². The molecule has 1 aromatic heterocycles. The van der Waals surface area contributed by atoms with Gasteiger partial charge in [0.05, 0.1) is 18.1 Å². The molecular weight excluding hydrogens is 454 g/mol. The van der Waals surface area contributed by atoms with Crippen LogP contribution < -0.4 is 15.4 Å². The van der Waals surface area contributed by atoms with E-state index in [1.807, 2.05) is 20.0 Å². The van der Waals surface area contributed by atoms with Crippen molar-refractivity contribution >= 4 is 41.3 Å². The molecule has 5 nitrogen and oxygen atoms in total. The number of aryl methyl sites for hydroxylation is 1. The Bertz CT molecular complexity index is 680. The molecule has 0 spiro atoms. The van der Waals surface area contributed by atoms with Gasteiger partial charge in [0.1, 0.15) is 17.7 Å². The molecule has 0 aliphatic carbocycles. The van der Waals surface area contributed by atoms with Crippen LogP contribution in [0.25, 0.3) is 0 Å². The highest BCUT2D eigenvalue weighted by Crippen LogP contribution is 2.15. The molecular formula is C17H24FIN4OS. The highest BCUT2D eigenvalue weighted by molar-refractivity contribution is 14.0. The Morgan fingerprint density at radius 2 is 2.20 bits per heavy atom. The molecule has 0 amide bonds. The molecule has 0 aliphatic heterocycles. The van der Waals surface area contributed by atoms with Gasteiger partial charge >= 0.3 is 0 Å². The molecule has 1 aromatic carbocycles. The number of hydrogen-bond acceptors (Lipinski definition) is 4. The summed E-state index contributed by atoms with van der Waals surface area (Å²) in [5.41, 5.74) is 0. The molecule has 0 radical (unpaired) electrons. The smallest absolute Gasteiger partial charge is 0.191 e. The maximum absolute atomic E-state index is 13.2. The van der Waals surface area contributed by atoms with E-state index in [2.05, 4.69) is 20.6 Å². The summed E-state index contributed by atoms with van der Waals surface area (Å²) < 4.78 is 19.0. The summed E-state index contributed by atoms with van der Waals surface area (Å²) in [7, 11) is 1.72. The zero-order valence-corrected chi connectivity index (χ0v) is 17.7. The lowest BCUT2D eigenvalue weighted by Gasteiger charge is -2.19. The van der Waals surface area contributed by atoms with E-state index in [0.29, 0.717) is 24.8 Å². The van der Waals surface area contributed by atoms with E-state index in [0.717, 1.165) is 16.3 Å². The molecule has 2 aromatic rings. The van der Waals surface area contributed by atoms with Crippen LogP contribution in [0.1, 0.15) is 23.2 Å². The molecule has 1 unspecified atom stereocenters. The number of guanidine groups is 1. The minimum atomic E-state index is -0.298. The lowest BCUT2D eigenvalue weighted by Crippen LogP contribution is -2.42. The molecule has 138 valence electrons. The second-order valence-electron chi connectivity index (χ2n) is 5.26. The van der Waals surface area contributed by atoms with Crippen LogP contribution >= 0.6 is 35.3 Å². The summed E-state index contributed by atoms with van der Waals surface area (Å²) in [5, 5.41) is 7.53. The molecule has 1 heterocycles. The number of benzene rings is 1. The van der Waals surface area contributed by atoms with Crippen LogP contribution in [0.2, 0.25) is 0 Å². The second-order valence-corrected chi connectivity index (χ2v) is 6.58. The molecule has 0 fully saturated rings. The summed E-state index contributed by atoms with van der Waals surface area (Å²) in [6.45, 7) is 5.26. The van der Waals surface area contributed by atoms with Gasteiger partial charge in [0.25, 0.3) is 0 Å². The quantitative estimate of drug-likeness (QED) is 0.362. The van der Waals surface area contributed by atoms with E-state index in [1.54, 1.807) is 30.5 Å². The minimum absolute atomic E-state index is 0. The highest BCUT2D eigenvalue weighted by Gasteiger charge is 2.10. The van der Waals surface area contributed by atoms with Crippen molar-refractivity contribution < 1.29 is 9.13 Å². The first-order valence-electron chi connectivity index (χ1n) is 7.88. The maximum Gasteiger partial charge on any atom is 0.191 e. The van der Waals surface area contributed by atoms with Crippen molar-refractivity contribution in [2.45, 2.75) is 32.9 Å². The van der Waals surface area contributed by atoms with Crippen LogP contribution in [-0.2, 0) is 6.54 Å². The van der Waals surface area contributed by atoms with E-state index < -0.39 is 0 Å². The molecule has 2 rings (SSSR count). The molecule has 1 atom stereocenters. The average molecular weight is 478 g/mol. The Morgan fingerprint density at radius 1 is 1.40 bits per heavy atom. The molecule has 25 heavy (non-hydrogen) atoms. The predicted octanol–water partition coefficient (Wildman–Crippen LogP) is 3.73. The summed E-state index contributed by atoms with van der Waals surface area (Å²) in [6.07, 6.45) is 2.59. The molecule has 0 saturated carbocycles. The zero-order chi connectivity index (χ0) is 17.4. The molecule has 0 aliphatic rings.